The van der Waals surface area contributed by atoms with Gasteiger partial charge in [0.1, 0.15) is 5.78 Å². The summed E-state index contributed by atoms with van der Waals surface area (Å²) in [6.07, 6.45) is 7.33. The lowest BCUT2D eigenvalue weighted by Gasteiger charge is -2.49. The van der Waals surface area contributed by atoms with E-state index in [0.717, 1.165) is 32.1 Å². The summed E-state index contributed by atoms with van der Waals surface area (Å²) in [5.74, 6) is 1.07. The lowest BCUT2D eigenvalue weighted by Crippen LogP contribution is -2.54. The molecule has 0 saturated heterocycles. The van der Waals surface area contributed by atoms with Crippen molar-refractivity contribution in [1.82, 2.24) is 0 Å². The molecule has 0 N–H and O–H groups in total. The van der Waals surface area contributed by atoms with Crippen molar-refractivity contribution >= 4 is 14.1 Å². The highest BCUT2D eigenvalue weighted by Gasteiger charge is 2.49. The van der Waals surface area contributed by atoms with Gasteiger partial charge in [-0.15, -0.1) is 0 Å². The van der Waals surface area contributed by atoms with Gasteiger partial charge in [-0.1, -0.05) is 40.0 Å². The van der Waals surface area contributed by atoms with Crippen LogP contribution in [0.1, 0.15) is 65.7 Å². The third-order valence-corrected chi connectivity index (χ3v) is 5.33. The fraction of sp³-hybridized carbons (Fsp3) is 0.941. The van der Waals surface area contributed by atoms with Crippen LogP contribution in [0.25, 0.3) is 0 Å². The zero-order valence-electron chi connectivity index (χ0n) is 14.4. The Labute approximate surface area is 126 Å². The second-order valence-electron chi connectivity index (χ2n) is 7.70. The Balaban J connectivity index is 3.07. The summed E-state index contributed by atoms with van der Waals surface area (Å²) < 4.78 is 6.69. The smallest absolute Gasteiger partial charge is 0.184 e. The van der Waals surface area contributed by atoms with Crippen LogP contribution < -0.4 is 0 Å². The average Bonchev–Trinajstić information content (AvgIpc) is 2.29. The van der Waals surface area contributed by atoms with E-state index in [1.54, 1.807) is 0 Å². The molecule has 20 heavy (non-hydrogen) atoms. The van der Waals surface area contributed by atoms with Gasteiger partial charge in [0.2, 0.25) is 0 Å². The van der Waals surface area contributed by atoms with Crippen molar-refractivity contribution in [2.75, 3.05) is 0 Å². The molecule has 1 aliphatic rings. The van der Waals surface area contributed by atoms with Gasteiger partial charge >= 0.3 is 0 Å². The first-order valence-corrected chi connectivity index (χ1v) is 11.9. The van der Waals surface area contributed by atoms with Crippen LogP contribution in [0.2, 0.25) is 19.6 Å². The summed E-state index contributed by atoms with van der Waals surface area (Å²) in [6.45, 7) is 13.4. The quantitative estimate of drug-likeness (QED) is 0.605. The van der Waals surface area contributed by atoms with Crippen LogP contribution in [-0.4, -0.2) is 19.7 Å². The van der Waals surface area contributed by atoms with Gasteiger partial charge in [0, 0.05) is 12.3 Å². The number of Topliss-reactive ketones (excluding diaryl/α,β-unsaturated/α-hetero) is 1. The summed E-state index contributed by atoms with van der Waals surface area (Å²) in [5, 5.41) is 0. The monoisotopic (exact) mass is 298 g/mol. The molecule has 0 bridgehead atoms. The van der Waals surface area contributed by atoms with Crippen molar-refractivity contribution in [3.8, 4) is 0 Å². The van der Waals surface area contributed by atoms with E-state index in [2.05, 4.69) is 40.4 Å². The maximum absolute atomic E-state index is 12.6. The first kappa shape index (κ1) is 17.9. The van der Waals surface area contributed by atoms with Gasteiger partial charge in [0.15, 0.2) is 8.32 Å². The predicted molar refractivity (Wildman–Crippen MR) is 88.5 cm³/mol. The van der Waals surface area contributed by atoms with E-state index < -0.39 is 8.32 Å². The van der Waals surface area contributed by atoms with Gasteiger partial charge in [-0.25, -0.2) is 0 Å². The SMILES string of the molecule is CCCC[C@@]1(O[Si](C)(C)C)C[C@@H](C)CC(=O)[C@@H]1CCC. The summed E-state index contributed by atoms with van der Waals surface area (Å²) in [7, 11) is -1.65. The topological polar surface area (TPSA) is 26.3 Å². The number of unbranched alkanes of at least 4 members (excludes halogenated alkanes) is 1. The van der Waals surface area contributed by atoms with Gasteiger partial charge in [-0.2, -0.15) is 0 Å². The van der Waals surface area contributed by atoms with Gasteiger partial charge in [0.05, 0.1) is 5.60 Å². The molecule has 1 fully saturated rings. The minimum atomic E-state index is -1.65. The molecule has 0 aromatic rings. The van der Waals surface area contributed by atoms with Crippen molar-refractivity contribution in [3.05, 3.63) is 0 Å². The molecule has 3 heteroatoms. The lowest BCUT2D eigenvalue weighted by atomic mass is 9.67. The molecule has 118 valence electrons. The Morgan fingerprint density at radius 2 is 1.90 bits per heavy atom. The molecule has 0 aliphatic heterocycles. The highest BCUT2D eigenvalue weighted by Crippen LogP contribution is 2.44. The van der Waals surface area contributed by atoms with Crippen LogP contribution in [0.5, 0.6) is 0 Å². The predicted octanol–water partition coefficient (Wildman–Crippen LogP) is 5.18. The Morgan fingerprint density at radius 3 is 2.40 bits per heavy atom. The average molecular weight is 299 g/mol. The minimum absolute atomic E-state index is 0.141. The number of hydrogen-bond donors (Lipinski definition) is 0. The number of carbonyl (C=O) groups excluding carboxylic acids is 1. The van der Waals surface area contributed by atoms with E-state index in [1.807, 2.05) is 0 Å². The van der Waals surface area contributed by atoms with E-state index >= 15 is 0 Å². The summed E-state index contributed by atoms with van der Waals surface area (Å²) in [6, 6.07) is 0. The van der Waals surface area contributed by atoms with Crippen LogP contribution in [0.15, 0.2) is 0 Å². The zero-order chi connectivity index (χ0) is 15.4. The second kappa shape index (κ2) is 7.21. The van der Waals surface area contributed by atoms with E-state index in [-0.39, 0.29) is 11.5 Å². The first-order valence-electron chi connectivity index (χ1n) is 8.47. The van der Waals surface area contributed by atoms with Gasteiger partial charge in [-0.3, -0.25) is 4.79 Å². The number of carbonyl (C=O) groups is 1. The summed E-state index contributed by atoms with van der Waals surface area (Å²) >= 11 is 0. The molecule has 0 aromatic heterocycles. The van der Waals surface area contributed by atoms with Crippen molar-refractivity contribution in [1.29, 1.82) is 0 Å². The highest BCUT2D eigenvalue weighted by molar-refractivity contribution is 6.69. The van der Waals surface area contributed by atoms with E-state index in [9.17, 15) is 4.79 Å². The Bertz CT molecular complexity index is 321. The number of rotatable bonds is 7. The number of ketones is 1. The fourth-order valence-electron chi connectivity index (χ4n) is 3.82. The van der Waals surface area contributed by atoms with Crippen LogP contribution in [0.4, 0.5) is 0 Å². The van der Waals surface area contributed by atoms with E-state index in [4.69, 9.17) is 4.43 Å². The Morgan fingerprint density at radius 1 is 1.25 bits per heavy atom. The molecular weight excluding hydrogens is 264 g/mol. The summed E-state index contributed by atoms with van der Waals surface area (Å²) in [5.41, 5.74) is -0.161. The van der Waals surface area contributed by atoms with Gasteiger partial charge in [-0.05, 0) is 44.8 Å². The normalized spacial score (nSPS) is 31.6. The van der Waals surface area contributed by atoms with Gasteiger partial charge < -0.3 is 4.43 Å². The third kappa shape index (κ3) is 4.69. The molecule has 1 aliphatic carbocycles. The van der Waals surface area contributed by atoms with Crippen molar-refractivity contribution < 1.29 is 9.22 Å². The van der Waals surface area contributed by atoms with Crippen molar-refractivity contribution in [2.45, 2.75) is 91.0 Å². The molecule has 0 amide bonds. The summed E-state index contributed by atoms with van der Waals surface area (Å²) in [4.78, 5) is 12.6. The molecule has 0 heterocycles. The van der Waals surface area contributed by atoms with Crippen LogP contribution in [0, 0.1) is 11.8 Å². The Kier molecular flexibility index (Phi) is 6.46. The van der Waals surface area contributed by atoms with E-state index in [0.29, 0.717) is 11.7 Å². The molecular formula is C17H34O2Si. The first-order chi connectivity index (χ1) is 9.24. The van der Waals surface area contributed by atoms with Crippen molar-refractivity contribution in [3.63, 3.8) is 0 Å². The molecule has 0 radical (unpaired) electrons. The van der Waals surface area contributed by atoms with Crippen LogP contribution in [-0.2, 0) is 9.22 Å². The third-order valence-electron chi connectivity index (χ3n) is 4.31. The highest BCUT2D eigenvalue weighted by atomic mass is 28.4. The largest absolute Gasteiger partial charge is 0.411 e. The van der Waals surface area contributed by atoms with E-state index in [1.165, 1.54) is 12.8 Å². The molecule has 3 atom stereocenters. The lowest BCUT2D eigenvalue weighted by molar-refractivity contribution is -0.141. The Hall–Kier alpha value is -0.153. The zero-order valence-corrected chi connectivity index (χ0v) is 15.4. The fourth-order valence-corrected chi connectivity index (χ4v) is 5.37. The number of hydrogen-bond acceptors (Lipinski definition) is 2. The standard InChI is InChI=1S/C17H34O2Si/c1-7-9-11-17(19-20(4,5)6)13-14(3)12-16(18)15(17)10-8-2/h14-15H,7-13H2,1-6H3/t14-,15-,17+/m0/s1. The molecule has 0 aromatic carbocycles. The molecule has 2 nitrogen and oxygen atoms in total. The van der Waals surface area contributed by atoms with Crippen LogP contribution >= 0.6 is 0 Å². The van der Waals surface area contributed by atoms with Crippen molar-refractivity contribution in [2.24, 2.45) is 11.8 Å². The minimum Gasteiger partial charge on any atom is -0.411 e. The molecule has 1 rings (SSSR count). The second-order valence-corrected chi connectivity index (χ2v) is 12.1. The van der Waals surface area contributed by atoms with Gasteiger partial charge in [0.25, 0.3) is 0 Å². The molecule has 1 saturated carbocycles. The van der Waals surface area contributed by atoms with Crippen LogP contribution in [0.3, 0.4) is 0 Å². The molecule has 0 unspecified atom stereocenters. The maximum Gasteiger partial charge on any atom is 0.184 e. The molecule has 0 spiro atoms. The maximum atomic E-state index is 12.6.